The number of hydrogen-bond donors (Lipinski definition) is 1. The zero-order valence-corrected chi connectivity index (χ0v) is 11.6. The van der Waals surface area contributed by atoms with Gasteiger partial charge in [-0.25, -0.2) is 0 Å². The summed E-state index contributed by atoms with van der Waals surface area (Å²) in [5, 5.41) is 10.7. The number of carbonyl (C=O) groups excluding carboxylic acids is 2. The van der Waals surface area contributed by atoms with E-state index in [1.54, 1.807) is 0 Å². The molecule has 0 radical (unpaired) electrons. The van der Waals surface area contributed by atoms with Crippen molar-refractivity contribution >= 4 is 12.1 Å². The van der Waals surface area contributed by atoms with E-state index in [2.05, 4.69) is 0 Å². The monoisotopic (exact) mass is 277 g/mol. The summed E-state index contributed by atoms with van der Waals surface area (Å²) in [6.07, 6.45) is 4.78. The summed E-state index contributed by atoms with van der Waals surface area (Å²) < 4.78 is 5.49. The van der Waals surface area contributed by atoms with E-state index in [0.29, 0.717) is 19.3 Å². The fourth-order valence-electron chi connectivity index (χ4n) is 3.44. The van der Waals surface area contributed by atoms with Crippen molar-refractivity contribution in [2.75, 3.05) is 19.8 Å². The highest BCUT2D eigenvalue weighted by molar-refractivity contribution is 6.28. The Morgan fingerprint density at radius 2 is 2.45 bits per heavy atom. The number of nitrogens with zero attached hydrogens (tertiary/aromatic N) is 1. The highest BCUT2D eigenvalue weighted by atomic mass is 16.5. The summed E-state index contributed by atoms with van der Waals surface area (Å²) in [7, 11) is 0. The van der Waals surface area contributed by atoms with Gasteiger partial charge in [0.15, 0.2) is 6.29 Å². The standard InChI is InChI=1S/C15H19NO4/c1-2-15(19)9-20-8-11-12(15)6-10-4-3-5-16(10)14(11)13(18)7-17/h6-7,14,19H,2-5,8-9H2,1H3. The molecular formula is C15H19NO4. The first kappa shape index (κ1) is 13.5. The average molecular weight is 277 g/mol. The zero-order valence-electron chi connectivity index (χ0n) is 11.6. The molecule has 0 aromatic heterocycles. The number of carbonyl (C=O) groups is 2. The molecule has 3 rings (SSSR count). The predicted molar refractivity (Wildman–Crippen MR) is 72.0 cm³/mol. The second-order valence-electron chi connectivity index (χ2n) is 5.67. The molecule has 1 fully saturated rings. The number of allylic oxidation sites excluding steroid dienone is 1. The number of aldehydes is 1. The third kappa shape index (κ3) is 1.84. The Balaban J connectivity index is 2.12. The van der Waals surface area contributed by atoms with Crippen molar-refractivity contribution in [2.24, 2.45) is 0 Å². The number of Topliss-reactive ketones (excluding diaryl/α,β-unsaturated/α-hetero) is 1. The Labute approximate surface area is 117 Å². The minimum absolute atomic E-state index is 0.244. The van der Waals surface area contributed by atoms with E-state index in [0.717, 1.165) is 36.2 Å². The summed E-state index contributed by atoms with van der Waals surface area (Å²) in [4.78, 5) is 25.0. The molecule has 0 aromatic rings. The lowest BCUT2D eigenvalue weighted by atomic mass is 9.80. The van der Waals surface area contributed by atoms with Crippen molar-refractivity contribution in [3.8, 4) is 0 Å². The molecule has 20 heavy (non-hydrogen) atoms. The second kappa shape index (κ2) is 4.82. The van der Waals surface area contributed by atoms with Gasteiger partial charge in [0.25, 0.3) is 0 Å². The van der Waals surface area contributed by atoms with E-state index in [1.165, 1.54) is 0 Å². The summed E-state index contributed by atoms with van der Waals surface area (Å²) in [6, 6.07) is -0.580. The second-order valence-corrected chi connectivity index (χ2v) is 5.67. The van der Waals surface area contributed by atoms with Gasteiger partial charge in [-0.2, -0.15) is 0 Å². The highest BCUT2D eigenvalue weighted by Crippen LogP contribution is 2.40. The van der Waals surface area contributed by atoms with Crippen LogP contribution in [-0.4, -0.2) is 53.5 Å². The molecule has 3 aliphatic heterocycles. The van der Waals surface area contributed by atoms with Crippen LogP contribution in [0.15, 0.2) is 22.9 Å². The van der Waals surface area contributed by atoms with E-state index in [1.807, 2.05) is 17.9 Å². The largest absolute Gasteiger partial charge is 0.383 e. The molecule has 0 bridgehead atoms. The van der Waals surface area contributed by atoms with Crippen LogP contribution in [0.25, 0.3) is 0 Å². The summed E-state index contributed by atoms with van der Waals surface area (Å²) >= 11 is 0. The highest BCUT2D eigenvalue weighted by Gasteiger charge is 2.44. The van der Waals surface area contributed by atoms with Gasteiger partial charge in [-0.15, -0.1) is 0 Å². The Hall–Kier alpha value is -1.46. The van der Waals surface area contributed by atoms with Gasteiger partial charge in [0.05, 0.1) is 13.2 Å². The van der Waals surface area contributed by atoms with Gasteiger partial charge in [-0.1, -0.05) is 6.92 Å². The molecular weight excluding hydrogens is 258 g/mol. The number of ketones is 1. The molecule has 3 heterocycles. The number of rotatable bonds is 3. The van der Waals surface area contributed by atoms with Crippen molar-refractivity contribution in [2.45, 2.75) is 37.8 Å². The van der Waals surface area contributed by atoms with Gasteiger partial charge in [0.2, 0.25) is 5.78 Å². The summed E-state index contributed by atoms with van der Waals surface area (Å²) in [5.41, 5.74) is 1.55. The van der Waals surface area contributed by atoms with Crippen LogP contribution in [0.2, 0.25) is 0 Å². The molecule has 108 valence electrons. The van der Waals surface area contributed by atoms with Crippen LogP contribution in [0.1, 0.15) is 26.2 Å². The van der Waals surface area contributed by atoms with Crippen LogP contribution >= 0.6 is 0 Å². The van der Waals surface area contributed by atoms with Crippen molar-refractivity contribution < 1.29 is 19.4 Å². The van der Waals surface area contributed by atoms with Gasteiger partial charge < -0.3 is 14.7 Å². The zero-order chi connectivity index (χ0) is 14.3. The normalized spacial score (nSPS) is 32.6. The molecule has 2 atom stereocenters. The maximum Gasteiger partial charge on any atom is 0.221 e. The van der Waals surface area contributed by atoms with Crippen LogP contribution in [0.3, 0.4) is 0 Å². The third-order valence-corrected chi connectivity index (χ3v) is 4.57. The number of aliphatic hydroxyl groups is 1. The van der Waals surface area contributed by atoms with Gasteiger partial charge in [-0.3, -0.25) is 9.59 Å². The minimum atomic E-state index is -1.04. The molecule has 5 heteroatoms. The quantitative estimate of drug-likeness (QED) is 0.604. The molecule has 0 aliphatic carbocycles. The van der Waals surface area contributed by atoms with Crippen molar-refractivity contribution in [1.82, 2.24) is 4.90 Å². The van der Waals surface area contributed by atoms with Crippen LogP contribution in [0, 0.1) is 0 Å². The first-order valence-corrected chi connectivity index (χ1v) is 7.10. The number of fused-ring (bicyclic) bond motifs is 1. The number of hydrogen-bond acceptors (Lipinski definition) is 5. The van der Waals surface area contributed by atoms with Crippen LogP contribution in [0.5, 0.6) is 0 Å². The molecule has 0 saturated carbocycles. The Morgan fingerprint density at radius 3 is 3.15 bits per heavy atom. The molecule has 0 spiro atoms. The van der Waals surface area contributed by atoms with Crippen molar-refractivity contribution in [3.05, 3.63) is 22.9 Å². The fourth-order valence-corrected chi connectivity index (χ4v) is 3.44. The molecule has 1 saturated heterocycles. The maximum absolute atomic E-state index is 12.1. The van der Waals surface area contributed by atoms with Gasteiger partial charge in [-0.05, 0) is 36.5 Å². The SMILES string of the molecule is CCC1(O)COCC2=C1C=C1CCCN1C2C(=O)C=O. The van der Waals surface area contributed by atoms with E-state index in [4.69, 9.17) is 4.74 Å². The van der Waals surface area contributed by atoms with Crippen LogP contribution in [0.4, 0.5) is 0 Å². The first-order chi connectivity index (χ1) is 9.60. The van der Waals surface area contributed by atoms with E-state index in [-0.39, 0.29) is 6.61 Å². The Kier molecular flexibility index (Phi) is 3.26. The summed E-state index contributed by atoms with van der Waals surface area (Å²) in [5.74, 6) is -0.450. The lowest BCUT2D eigenvalue weighted by molar-refractivity contribution is -0.132. The van der Waals surface area contributed by atoms with Gasteiger partial charge in [0.1, 0.15) is 11.6 Å². The van der Waals surface area contributed by atoms with E-state index < -0.39 is 17.4 Å². The van der Waals surface area contributed by atoms with Crippen molar-refractivity contribution in [3.63, 3.8) is 0 Å². The van der Waals surface area contributed by atoms with Crippen LogP contribution in [-0.2, 0) is 14.3 Å². The topological polar surface area (TPSA) is 66.8 Å². The van der Waals surface area contributed by atoms with E-state index >= 15 is 0 Å². The van der Waals surface area contributed by atoms with Gasteiger partial charge in [0, 0.05) is 12.2 Å². The molecule has 5 nitrogen and oxygen atoms in total. The minimum Gasteiger partial charge on any atom is -0.383 e. The lowest BCUT2D eigenvalue weighted by Crippen LogP contribution is -2.50. The van der Waals surface area contributed by atoms with Crippen LogP contribution < -0.4 is 0 Å². The smallest absolute Gasteiger partial charge is 0.221 e. The molecule has 2 unspecified atom stereocenters. The Morgan fingerprint density at radius 1 is 1.65 bits per heavy atom. The Bertz CT molecular complexity index is 522. The molecule has 0 amide bonds. The predicted octanol–water partition coefficient (Wildman–Crippen LogP) is 0.584. The molecule has 3 aliphatic rings. The van der Waals surface area contributed by atoms with Gasteiger partial charge >= 0.3 is 0 Å². The molecule has 1 N–H and O–H groups in total. The van der Waals surface area contributed by atoms with E-state index in [9.17, 15) is 14.7 Å². The maximum atomic E-state index is 12.1. The first-order valence-electron chi connectivity index (χ1n) is 7.10. The third-order valence-electron chi connectivity index (χ3n) is 4.57. The summed E-state index contributed by atoms with van der Waals surface area (Å²) in [6.45, 7) is 3.23. The average Bonchev–Trinajstić information content (AvgIpc) is 2.93. The number of ether oxygens (including phenoxy) is 1. The fraction of sp³-hybridized carbons (Fsp3) is 0.600. The lowest BCUT2D eigenvalue weighted by Gasteiger charge is -2.43. The molecule has 0 aromatic carbocycles. The van der Waals surface area contributed by atoms with Crippen molar-refractivity contribution in [1.29, 1.82) is 0 Å².